The zero-order chi connectivity index (χ0) is 14.7. The molecule has 1 aliphatic rings. The summed E-state index contributed by atoms with van der Waals surface area (Å²) in [6, 6.07) is 0. The number of hydrogen-bond donors (Lipinski definition) is 0. The number of esters is 1. The Bertz CT molecular complexity index is 414. The molecule has 0 saturated carbocycles. The molecule has 1 heterocycles. The van der Waals surface area contributed by atoms with Gasteiger partial charge in [-0.05, 0) is 13.3 Å². The molecule has 0 bridgehead atoms. The fourth-order valence-electron chi connectivity index (χ4n) is 2.24. The molecule has 1 saturated heterocycles. The predicted octanol–water partition coefficient (Wildman–Crippen LogP) is 2.45. The van der Waals surface area contributed by atoms with Crippen LogP contribution in [0.4, 0.5) is 0 Å². The van der Waals surface area contributed by atoms with E-state index in [1.165, 1.54) is 21.1 Å². The van der Waals surface area contributed by atoms with E-state index in [0.717, 1.165) is 0 Å². The zero-order valence-corrected chi connectivity index (χ0v) is 13.3. The normalized spacial score (nSPS) is 31.4. The minimum absolute atomic E-state index is 0.195. The van der Waals surface area contributed by atoms with Gasteiger partial charge in [0.2, 0.25) is 7.37 Å². The predicted molar refractivity (Wildman–Crippen MR) is 69.7 cm³/mol. The minimum atomic E-state index is -3.66. The summed E-state index contributed by atoms with van der Waals surface area (Å²) < 4.78 is 45.5. The molecule has 0 aromatic carbocycles. The Balaban J connectivity index is 3.15. The van der Waals surface area contributed by atoms with E-state index in [4.69, 9.17) is 18.3 Å². The van der Waals surface area contributed by atoms with Crippen molar-refractivity contribution >= 4 is 20.9 Å². The topological polar surface area (TPSA) is 88.1 Å². The number of carbonyl (C=O) groups is 1. The van der Waals surface area contributed by atoms with Crippen LogP contribution in [0.15, 0.2) is 0 Å². The molecule has 1 rings (SSSR count). The summed E-state index contributed by atoms with van der Waals surface area (Å²) in [5, 5.41) is -1.06. The van der Waals surface area contributed by atoms with Crippen LogP contribution in [0.2, 0.25) is 0 Å². The summed E-state index contributed by atoms with van der Waals surface area (Å²) in [7, 11) is -4.47. The first-order chi connectivity index (χ1) is 8.83. The first-order valence-electron chi connectivity index (χ1n) is 5.94. The van der Waals surface area contributed by atoms with Crippen LogP contribution in [-0.4, -0.2) is 44.5 Å². The van der Waals surface area contributed by atoms with Gasteiger partial charge in [-0.25, -0.2) is 0 Å². The van der Waals surface area contributed by atoms with Crippen LogP contribution in [0.25, 0.3) is 0 Å². The number of hydrogen-bond acceptors (Lipinski definition) is 7. The molecular formula is C10H20O7P2. The van der Waals surface area contributed by atoms with Crippen LogP contribution in [0, 0.1) is 0 Å². The largest absolute Gasteiger partial charge is 0.461 e. The lowest BCUT2D eigenvalue weighted by atomic mass is 10.3. The molecular weight excluding hydrogens is 294 g/mol. The van der Waals surface area contributed by atoms with Gasteiger partial charge in [-0.1, -0.05) is 0 Å². The highest BCUT2D eigenvalue weighted by atomic mass is 31.2. The lowest BCUT2D eigenvalue weighted by Crippen LogP contribution is -2.27. The molecule has 3 atom stereocenters. The van der Waals surface area contributed by atoms with Crippen molar-refractivity contribution in [1.82, 2.24) is 0 Å². The van der Waals surface area contributed by atoms with Crippen LogP contribution >= 0.6 is 15.0 Å². The molecule has 3 unspecified atom stereocenters. The Morgan fingerprint density at radius 1 is 1.37 bits per heavy atom. The third kappa shape index (κ3) is 3.47. The second-order valence-corrected chi connectivity index (χ2v) is 9.61. The monoisotopic (exact) mass is 314 g/mol. The molecule has 0 aromatic rings. The third-order valence-corrected chi connectivity index (χ3v) is 9.58. The lowest BCUT2D eigenvalue weighted by Gasteiger charge is -2.28. The van der Waals surface area contributed by atoms with Crippen molar-refractivity contribution in [3.8, 4) is 0 Å². The van der Waals surface area contributed by atoms with Crippen LogP contribution in [-0.2, 0) is 32.2 Å². The van der Waals surface area contributed by atoms with Crippen molar-refractivity contribution in [3.63, 3.8) is 0 Å². The zero-order valence-electron chi connectivity index (χ0n) is 11.5. The van der Waals surface area contributed by atoms with Crippen molar-refractivity contribution in [2.45, 2.75) is 31.8 Å². The van der Waals surface area contributed by atoms with Crippen molar-refractivity contribution in [2.75, 3.05) is 27.0 Å². The summed E-state index contributed by atoms with van der Waals surface area (Å²) >= 11 is 0. The van der Waals surface area contributed by atoms with Gasteiger partial charge in [0.25, 0.3) is 0 Å². The van der Waals surface area contributed by atoms with E-state index in [1.807, 2.05) is 0 Å². The SMILES string of the molecule is CCOP1(=O)CCC(OC(C)=O)C1P(=O)(OC)OC. The maximum atomic E-state index is 12.8. The first-order valence-corrected chi connectivity index (χ1v) is 9.43. The molecule has 1 aliphatic heterocycles. The molecule has 0 aromatic heterocycles. The quantitative estimate of drug-likeness (QED) is 0.549. The highest BCUT2D eigenvalue weighted by Crippen LogP contribution is 2.74. The molecule has 0 aliphatic carbocycles. The lowest BCUT2D eigenvalue weighted by molar-refractivity contribution is -0.145. The van der Waals surface area contributed by atoms with Gasteiger partial charge in [0.1, 0.15) is 6.10 Å². The van der Waals surface area contributed by atoms with Crippen molar-refractivity contribution < 1.29 is 32.2 Å². The van der Waals surface area contributed by atoms with Crippen LogP contribution < -0.4 is 0 Å². The summed E-state index contributed by atoms with van der Waals surface area (Å²) in [5.41, 5.74) is 0. The van der Waals surface area contributed by atoms with E-state index in [2.05, 4.69) is 0 Å². The molecule has 0 N–H and O–H groups in total. The van der Waals surface area contributed by atoms with E-state index >= 15 is 0 Å². The number of ether oxygens (including phenoxy) is 1. The minimum Gasteiger partial charge on any atom is -0.461 e. The van der Waals surface area contributed by atoms with Gasteiger partial charge in [0.15, 0.2) is 5.40 Å². The van der Waals surface area contributed by atoms with E-state index in [1.54, 1.807) is 6.92 Å². The van der Waals surface area contributed by atoms with Gasteiger partial charge >= 0.3 is 13.6 Å². The standard InChI is InChI=1S/C10H20O7P2/c1-5-16-18(12)7-6-9(17-8(2)11)10(18)19(13,14-3)15-4/h9-10H,5-7H2,1-4H3. The van der Waals surface area contributed by atoms with Gasteiger partial charge < -0.3 is 18.3 Å². The van der Waals surface area contributed by atoms with E-state index < -0.39 is 32.4 Å². The molecule has 1 fully saturated rings. The van der Waals surface area contributed by atoms with E-state index in [9.17, 15) is 13.9 Å². The number of rotatable bonds is 6. The molecule has 112 valence electrons. The fourth-order valence-corrected chi connectivity index (χ4v) is 8.59. The summed E-state index contributed by atoms with van der Waals surface area (Å²) in [6.07, 6.45) is -0.265. The third-order valence-electron chi connectivity index (χ3n) is 2.96. The van der Waals surface area contributed by atoms with Gasteiger partial charge in [0, 0.05) is 27.3 Å². The smallest absolute Gasteiger partial charge is 0.346 e. The molecule has 0 spiro atoms. The van der Waals surface area contributed by atoms with Gasteiger partial charge in [-0.15, -0.1) is 0 Å². The molecule has 0 amide bonds. The highest BCUT2D eigenvalue weighted by molar-refractivity contribution is 7.75. The Morgan fingerprint density at radius 3 is 2.37 bits per heavy atom. The summed E-state index contributed by atoms with van der Waals surface area (Å²) in [6.45, 7) is 3.15. The van der Waals surface area contributed by atoms with Crippen LogP contribution in [0.3, 0.4) is 0 Å². The maximum absolute atomic E-state index is 12.8. The van der Waals surface area contributed by atoms with Crippen molar-refractivity contribution in [1.29, 1.82) is 0 Å². The van der Waals surface area contributed by atoms with Gasteiger partial charge in [-0.2, -0.15) is 0 Å². The molecule has 9 heteroatoms. The highest BCUT2D eigenvalue weighted by Gasteiger charge is 2.58. The Morgan fingerprint density at radius 2 is 1.95 bits per heavy atom. The van der Waals surface area contributed by atoms with Crippen molar-refractivity contribution in [3.05, 3.63) is 0 Å². The Hall–Kier alpha value is -0.190. The van der Waals surface area contributed by atoms with Gasteiger partial charge in [0.05, 0.1) is 6.61 Å². The first kappa shape index (κ1) is 16.9. The molecule has 7 nitrogen and oxygen atoms in total. The second kappa shape index (κ2) is 6.51. The maximum Gasteiger partial charge on any atom is 0.346 e. The van der Waals surface area contributed by atoms with E-state index in [0.29, 0.717) is 6.42 Å². The second-order valence-electron chi connectivity index (χ2n) is 4.12. The fraction of sp³-hybridized carbons (Fsp3) is 0.900. The molecule has 19 heavy (non-hydrogen) atoms. The number of carbonyl (C=O) groups excluding carboxylic acids is 1. The summed E-state index contributed by atoms with van der Waals surface area (Å²) in [4.78, 5) is 11.1. The Kier molecular flexibility index (Phi) is 5.78. The van der Waals surface area contributed by atoms with Gasteiger partial charge in [-0.3, -0.25) is 13.9 Å². The summed E-state index contributed by atoms with van der Waals surface area (Å²) in [5.74, 6) is -0.529. The van der Waals surface area contributed by atoms with Crippen LogP contribution in [0.5, 0.6) is 0 Å². The average molecular weight is 314 g/mol. The van der Waals surface area contributed by atoms with Crippen LogP contribution in [0.1, 0.15) is 20.3 Å². The van der Waals surface area contributed by atoms with E-state index in [-0.39, 0.29) is 12.8 Å². The average Bonchev–Trinajstić information content (AvgIpc) is 2.66. The molecule has 0 radical (unpaired) electrons. The van der Waals surface area contributed by atoms with Crippen molar-refractivity contribution in [2.24, 2.45) is 0 Å². The Labute approximate surface area is 112 Å².